The van der Waals surface area contributed by atoms with E-state index in [0.29, 0.717) is 40.5 Å². The summed E-state index contributed by atoms with van der Waals surface area (Å²) in [6.45, 7) is 5.17. The number of hydrogen-bond donors (Lipinski definition) is 1. The lowest BCUT2D eigenvalue weighted by Crippen LogP contribution is -2.47. The molecule has 1 N–H and O–H groups in total. The van der Waals surface area contributed by atoms with E-state index in [4.69, 9.17) is 32.5 Å². The smallest absolute Gasteiger partial charge is 0.321 e. The quantitative estimate of drug-likeness (QED) is 0.366. The average Bonchev–Trinajstić information content (AvgIpc) is 3.50. The van der Waals surface area contributed by atoms with E-state index in [0.717, 1.165) is 48.6 Å². The fourth-order valence-corrected chi connectivity index (χ4v) is 6.12. The second-order valence-electron chi connectivity index (χ2n) is 8.81. The zero-order valence-electron chi connectivity index (χ0n) is 20.1. The Bertz CT molecular complexity index is 1220. The molecule has 1 aromatic heterocycles. The third kappa shape index (κ3) is 5.02. The fraction of sp³-hybridized carbons (Fsp3) is 0.400. The molecule has 0 bridgehead atoms. The molecule has 2 heterocycles. The lowest BCUT2D eigenvalue weighted by atomic mass is 9.94. The summed E-state index contributed by atoms with van der Waals surface area (Å²) in [5, 5.41) is 8.14. The Morgan fingerprint density at radius 3 is 2.39 bits per heavy atom. The number of ether oxygens (including phenoxy) is 1. The van der Waals surface area contributed by atoms with Gasteiger partial charge in [-0.25, -0.2) is 9.10 Å². The zero-order valence-corrected chi connectivity index (χ0v) is 22.4. The first-order chi connectivity index (χ1) is 17.4. The molecular weight excluding hydrogens is 521 g/mol. The van der Waals surface area contributed by atoms with Crippen molar-refractivity contribution in [1.29, 1.82) is 0 Å². The van der Waals surface area contributed by atoms with Gasteiger partial charge in [-0.2, -0.15) is 4.98 Å². The van der Waals surface area contributed by atoms with Crippen molar-refractivity contribution >= 4 is 46.9 Å². The third-order valence-corrected chi connectivity index (χ3v) is 8.14. The first kappa shape index (κ1) is 25.2. The largest absolute Gasteiger partial charge is 0.497 e. The SMILES string of the molecule is CCSN1CCN(C(=O)Nc2cc(Cl)c(C3(c4noc(-c5ccc(OC)cc5)n4)CC3)c(Cl)c2)CC1. The van der Waals surface area contributed by atoms with Gasteiger partial charge in [-0.1, -0.05) is 47.2 Å². The normalized spacial score (nSPS) is 17.2. The summed E-state index contributed by atoms with van der Waals surface area (Å²) >= 11 is 15.3. The summed E-state index contributed by atoms with van der Waals surface area (Å²) in [6, 6.07) is 10.8. The van der Waals surface area contributed by atoms with Crippen LogP contribution in [0.5, 0.6) is 5.75 Å². The van der Waals surface area contributed by atoms with Gasteiger partial charge in [-0.15, -0.1) is 0 Å². The van der Waals surface area contributed by atoms with Gasteiger partial charge in [0, 0.05) is 58.8 Å². The Kier molecular flexibility index (Phi) is 7.35. The number of halogens is 2. The molecular formula is C25H27Cl2N5O3S. The minimum absolute atomic E-state index is 0.153. The van der Waals surface area contributed by atoms with E-state index >= 15 is 0 Å². The Balaban J connectivity index is 1.31. The van der Waals surface area contributed by atoms with Crippen molar-refractivity contribution in [2.75, 3.05) is 44.4 Å². The van der Waals surface area contributed by atoms with E-state index in [-0.39, 0.29) is 6.03 Å². The monoisotopic (exact) mass is 547 g/mol. The van der Waals surface area contributed by atoms with Gasteiger partial charge in [0.15, 0.2) is 5.82 Å². The van der Waals surface area contributed by atoms with Crippen molar-refractivity contribution in [3.63, 3.8) is 0 Å². The first-order valence-electron chi connectivity index (χ1n) is 11.9. The molecule has 0 unspecified atom stereocenters. The van der Waals surface area contributed by atoms with E-state index < -0.39 is 5.41 Å². The molecule has 1 saturated carbocycles. The maximum absolute atomic E-state index is 12.8. The highest BCUT2D eigenvalue weighted by Crippen LogP contribution is 2.57. The van der Waals surface area contributed by atoms with Crippen molar-refractivity contribution in [3.8, 4) is 17.2 Å². The molecule has 8 nitrogen and oxygen atoms in total. The number of piperazine rings is 1. The molecule has 2 aromatic carbocycles. The molecule has 1 aliphatic carbocycles. The first-order valence-corrected chi connectivity index (χ1v) is 13.6. The molecule has 2 amide bonds. The summed E-state index contributed by atoms with van der Waals surface area (Å²) in [5.41, 5.74) is 1.62. The Morgan fingerprint density at radius 2 is 1.81 bits per heavy atom. The number of amides is 2. The van der Waals surface area contributed by atoms with Crippen LogP contribution < -0.4 is 10.1 Å². The van der Waals surface area contributed by atoms with Gasteiger partial charge < -0.3 is 19.5 Å². The molecule has 190 valence electrons. The van der Waals surface area contributed by atoms with Crippen LogP contribution in [0.2, 0.25) is 10.0 Å². The van der Waals surface area contributed by atoms with Crippen LogP contribution in [0.3, 0.4) is 0 Å². The molecule has 3 aromatic rings. The maximum Gasteiger partial charge on any atom is 0.321 e. The number of carbonyl (C=O) groups is 1. The van der Waals surface area contributed by atoms with E-state index in [1.165, 1.54) is 0 Å². The number of benzene rings is 2. The van der Waals surface area contributed by atoms with Gasteiger partial charge >= 0.3 is 6.03 Å². The van der Waals surface area contributed by atoms with Crippen LogP contribution >= 0.6 is 35.1 Å². The minimum atomic E-state index is -0.502. The second-order valence-corrected chi connectivity index (χ2v) is 11.0. The Morgan fingerprint density at radius 1 is 1.14 bits per heavy atom. The van der Waals surface area contributed by atoms with Gasteiger partial charge in [0.25, 0.3) is 5.89 Å². The second kappa shape index (κ2) is 10.5. The number of methoxy groups -OCH3 is 1. The fourth-order valence-electron chi connectivity index (χ4n) is 4.49. The summed E-state index contributed by atoms with van der Waals surface area (Å²) in [4.78, 5) is 19.3. The van der Waals surface area contributed by atoms with Gasteiger partial charge in [-0.3, -0.25) is 0 Å². The number of hydrogen-bond acceptors (Lipinski definition) is 7. The molecule has 5 rings (SSSR count). The number of nitrogens with one attached hydrogen (secondary N) is 1. The van der Waals surface area contributed by atoms with Crippen LogP contribution in [0.15, 0.2) is 40.9 Å². The predicted molar refractivity (Wildman–Crippen MR) is 143 cm³/mol. The highest BCUT2D eigenvalue weighted by atomic mass is 35.5. The van der Waals surface area contributed by atoms with E-state index in [9.17, 15) is 4.79 Å². The van der Waals surface area contributed by atoms with E-state index in [2.05, 4.69) is 26.7 Å². The van der Waals surface area contributed by atoms with Crippen LogP contribution in [0, 0.1) is 0 Å². The molecule has 0 atom stereocenters. The lowest BCUT2D eigenvalue weighted by Gasteiger charge is -2.33. The van der Waals surface area contributed by atoms with Gasteiger partial charge in [0.2, 0.25) is 0 Å². The Labute approximate surface area is 224 Å². The molecule has 2 fully saturated rings. The van der Waals surface area contributed by atoms with Crippen LogP contribution in [0.25, 0.3) is 11.5 Å². The number of nitrogens with zero attached hydrogens (tertiary/aromatic N) is 4. The average molecular weight is 548 g/mol. The number of carbonyl (C=O) groups excluding carboxylic acids is 1. The molecule has 1 saturated heterocycles. The molecule has 11 heteroatoms. The van der Waals surface area contributed by atoms with Crippen molar-refractivity contribution < 1.29 is 14.1 Å². The highest BCUT2D eigenvalue weighted by molar-refractivity contribution is 7.96. The van der Waals surface area contributed by atoms with Crippen LogP contribution in [0.4, 0.5) is 10.5 Å². The van der Waals surface area contributed by atoms with Gasteiger partial charge in [-0.05, 0) is 49.2 Å². The van der Waals surface area contributed by atoms with Crippen molar-refractivity contribution in [3.05, 3.63) is 57.8 Å². The zero-order chi connectivity index (χ0) is 25.3. The molecule has 1 aliphatic heterocycles. The van der Waals surface area contributed by atoms with Crippen molar-refractivity contribution in [1.82, 2.24) is 19.3 Å². The number of aromatic nitrogens is 2. The minimum Gasteiger partial charge on any atom is -0.497 e. The predicted octanol–water partition coefficient (Wildman–Crippen LogP) is 5.95. The molecule has 2 aliphatic rings. The number of anilines is 1. The highest BCUT2D eigenvalue weighted by Gasteiger charge is 2.52. The molecule has 0 spiro atoms. The lowest BCUT2D eigenvalue weighted by molar-refractivity contribution is 0.188. The summed E-state index contributed by atoms with van der Waals surface area (Å²) in [5.74, 6) is 2.76. The topological polar surface area (TPSA) is 83.7 Å². The van der Waals surface area contributed by atoms with Gasteiger partial charge in [0.05, 0.1) is 12.5 Å². The Hall–Kier alpha value is -2.46. The van der Waals surface area contributed by atoms with E-state index in [1.54, 1.807) is 31.2 Å². The molecule has 36 heavy (non-hydrogen) atoms. The number of rotatable bonds is 7. The standard InChI is InChI=1S/C25H27Cl2N5O3S/c1-3-36-32-12-10-31(11-13-32)24(33)28-17-14-19(26)21(20(27)15-17)25(8-9-25)23-29-22(35-30-23)16-4-6-18(34-2)7-5-16/h4-7,14-15H,3,8-13H2,1-2H3,(H,28,33). The van der Waals surface area contributed by atoms with Crippen molar-refractivity contribution in [2.45, 2.75) is 25.2 Å². The number of urea groups is 1. The summed E-state index contributed by atoms with van der Waals surface area (Å²) in [6.07, 6.45) is 1.61. The van der Waals surface area contributed by atoms with Gasteiger partial charge in [0.1, 0.15) is 5.75 Å². The van der Waals surface area contributed by atoms with Crippen LogP contribution in [-0.4, -0.2) is 64.4 Å². The third-order valence-electron chi connectivity index (χ3n) is 6.55. The van der Waals surface area contributed by atoms with Crippen molar-refractivity contribution in [2.24, 2.45) is 0 Å². The molecule has 0 radical (unpaired) electrons. The van der Waals surface area contributed by atoms with Crippen LogP contribution in [-0.2, 0) is 5.41 Å². The maximum atomic E-state index is 12.8. The van der Waals surface area contributed by atoms with E-state index in [1.807, 2.05) is 29.2 Å². The van der Waals surface area contributed by atoms with Crippen LogP contribution in [0.1, 0.15) is 31.2 Å². The summed E-state index contributed by atoms with van der Waals surface area (Å²) < 4.78 is 13.1. The summed E-state index contributed by atoms with van der Waals surface area (Å²) in [7, 11) is 1.62.